The molecular formula is C22H21N7S. The molecule has 0 spiro atoms. The van der Waals surface area contributed by atoms with Crippen LogP contribution in [0.3, 0.4) is 0 Å². The Morgan fingerprint density at radius 3 is 2.87 bits per heavy atom. The van der Waals surface area contributed by atoms with Gasteiger partial charge in [0.25, 0.3) is 0 Å². The Kier molecular flexibility index (Phi) is 4.30. The van der Waals surface area contributed by atoms with Gasteiger partial charge in [-0.25, -0.2) is 14.6 Å². The normalized spacial score (nSPS) is 15.3. The fourth-order valence-electron chi connectivity index (χ4n) is 4.28. The smallest absolute Gasteiger partial charge is 0.221 e. The lowest BCUT2D eigenvalue weighted by Crippen LogP contribution is -2.12. The van der Waals surface area contributed by atoms with Crippen LogP contribution in [0, 0.1) is 0 Å². The van der Waals surface area contributed by atoms with Gasteiger partial charge in [-0.15, -0.1) is 16.4 Å². The van der Waals surface area contributed by atoms with Crippen LogP contribution in [0.4, 0.5) is 0 Å². The maximum atomic E-state index is 4.84. The first-order valence-electron chi connectivity index (χ1n) is 10.4. The Hall–Kier alpha value is -3.13. The van der Waals surface area contributed by atoms with Crippen LogP contribution < -0.4 is 0 Å². The first kappa shape index (κ1) is 17.7. The molecule has 1 aliphatic rings. The van der Waals surface area contributed by atoms with Crippen molar-refractivity contribution in [1.29, 1.82) is 0 Å². The highest BCUT2D eigenvalue weighted by molar-refractivity contribution is 7.19. The van der Waals surface area contributed by atoms with Crippen molar-refractivity contribution in [3.05, 3.63) is 53.8 Å². The second kappa shape index (κ2) is 7.28. The third-order valence-corrected chi connectivity index (χ3v) is 6.96. The zero-order chi connectivity index (χ0) is 19.9. The number of rotatable bonds is 4. The molecule has 1 aliphatic carbocycles. The van der Waals surface area contributed by atoms with Gasteiger partial charge in [0.15, 0.2) is 5.65 Å². The topological polar surface area (TPSA) is 74.3 Å². The summed E-state index contributed by atoms with van der Waals surface area (Å²) in [6.45, 7) is 0.634. The summed E-state index contributed by atoms with van der Waals surface area (Å²) in [7, 11) is 0. The van der Waals surface area contributed by atoms with Crippen molar-refractivity contribution in [3.63, 3.8) is 0 Å². The predicted octanol–water partition coefficient (Wildman–Crippen LogP) is 4.85. The number of hydrogen-bond acceptors (Lipinski definition) is 6. The van der Waals surface area contributed by atoms with E-state index in [1.807, 2.05) is 10.9 Å². The summed E-state index contributed by atoms with van der Waals surface area (Å²) in [5.74, 6) is 0. The Morgan fingerprint density at radius 1 is 1.07 bits per heavy atom. The van der Waals surface area contributed by atoms with Gasteiger partial charge in [-0.1, -0.05) is 42.7 Å². The molecular weight excluding hydrogens is 394 g/mol. The molecule has 150 valence electrons. The second-order valence-electron chi connectivity index (χ2n) is 7.90. The van der Waals surface area contributed by atoms with Gasteiger partial charge in [-0.2, -0.15) is 5.10 Å². The molecule has 0 aliphatic heterocycles. The third kappa shape index (κ3) is 3.17. The second-order valence-corrected chi connectivity index (χ2v) is 9.07. The highest BCUT2D eigenvalue weighted by atomic mass is 32.1. The zero-order valence-electron chi connectivity index (χ0n) is 16.5. The van der Waals surface area contributed by atoms with Gasteiger partial charge >= 0.3 is 0 Å². The average molecular weight is 416 g/mol. The van der Waals surface area contributed by atoms with Crippen LogP contribution >= 0.6 is 11.3 Å². The van der Waals surface area contributed by atoms with Gasteiger partial charge in [0, 0.05) is 21.3 Å². The van der Waals surface area contributed by atoms with Crippen molar-refractivity contribution in [3.8, 4) is 11.3 Å². The molecule has 6 rings (SSSR count). The summed E-state index contributed by atoms with van der Waals surface area (Å²) in [6, 6.07) is 11.1. The summed E-state index contributed by atoms with van der Waals surface area (Å²) >= 11 is 1.77. The van der Waals surface area contributed by atoms with E-state index in [1.54, 1.807) is 17.5 Å². The Bertz CT molecular complexity index is 1290. The minimum Gasteiger partial charge on any atom is -0.269 e. The van der Waals surface area contributed by atoms with Crippen molar-refractivity contribution in [2.75, 3.05) is 0 Å². The molecule has 0 amide bonds. The van der Waals surface area contributed by atoms with Crippen LogP contribution in [-0.2, 0) is 6.54 Å². The lowest BCUT2D eigenvalue weighted by molar-refractivity contribution is 0.329. The third-order valence-electron chi connectivity index (χ3n) is 5.86. The van der Waals surface area contributed by atoms with Crippen LogP contribution in [0.2, 0.25) is 0 Å². The van der Waals surface area contributed by atoms with Gasteiger partial charge in [0.1, 0.15) is 0 Å². The van der Waals surface area contributed by atoms with Crippen LogP contribution in [-0.4, -0.2) is 34.7 Å². The van der Waals surface area contributed by atoms with Gasteiger partial charge in [0.05, 0.1) is 30.7 Å². The van der Waals surface area contributed by atoms with E-state index in [1.165, 1.54) is 47.1 Å². The number of aromatic nitrogens is 7. The zero-order valence-corrected chi connectivity index (χ0v) is 17.3. The van der Waals surface area contributed by atoms with Gasteiger partial charge in [-0.05, 0) is 30.4 Å². The predicted molar refractivity (Wildman–Crippen MR) is 117 cm³/mol. The van der Waals surface area contributed by atoms with E-state index in [9.17, 15) is 0 Å². The Balaban J connectivity index is 1.32. The summed E-state index contributed by atoms with van der Waals surface area (Å²) in [5, 5.41) is 14.4. The van der Waals surface area contributed by atoms with Crippen LogP contribution in [0.5, 0.6) is 0 Å². The van der Waals surface area contributed by atoms with E-state index in [2.05, 4.69) is 61.6 Å². The van der Waals surface area contributed by atoms with Crippen LogP contribution in [0.15, 0.2) is 48.9 Å². The number of nitrogens with zero attached hydrogens (tertiary/aromatic N) is 7. The van der Waals surface area contributed by atoms with E-state index >= 15 is 0 Å². The first-order chi connectivity index (χ1) is 14.8. The van der Waals surface area contributed by atoms with Crippen molar-refractivity contribution in [2.24, 2.45) is 0 Å². The van der Waals surface area contributed by atoms with Gasteiger partial charge < -0.3 is 0 Å². The molecule has 1 aromatic carbocycles. The Labute approximate surface area is 177 Å². The van der Waals surface area contributed by atoms with Crippen molar-refractivity contribution in [2.45, 2.75) is 44.7 Å². The van der Waals surface area contributed by atoms with E-state index in [0.717, 1.165) is 11.3 Å². The summed E-state index contributed by atoms with van der Waals surface area (Å²) < 4.78 is 5.22. The van der Waals surface area contributed by atoms with Gasteiger partial charge in [-0.3, -0.25) is 4.68 Å². The van der Waals surface area contributed by atoms with Crippen molar-refractivity contribution in [1.82, 2.24) is 34.7 Å². The fraction of sp³-hybridized carbons (Fsp3) is 0.318. The molecule has 0 N–H and O–H groups in total. The van der Waals surface area contributed by atoms with E-state index in [0.29, 0.717) is 23.9 Å². The molecule has 1 fully saturated rings. The quantitative estimate of drug-likeness (QED) is 0.419. The standard InChI is InChI=1S/C22H21N7S/c1-2-7-17(8-3-1)28-13-16(11-24-28)19-12-23-21-22(25-19)29(27-26-21)14-18-10-15-6-4-5-9-20(15)30-18/h4-6,9-13,17H,1-3,7-8,14H2. The monoisotopic (exact) mass is 415 g/mol. The molecule has 5 aromatic rings. The summed E-state index contributed by atoms with van der Waals surface area (Å²) in [5.41, 5.74) is 3.07. The number of benzene rings is 1. The molecule has 0 saturated heterocycles. The minimum atomic E-state index is 0.504. The molecule has 30 heavy (non-hydrogen) atoms. The molecule has 0 atom stereocenters. The maximum absolute atomic E-state index is 4.84. The first-order valence-corrected chi connectivity index (χ1v) is 11.2. The van der Waals surface area contributed by atoms with E-state index in [4.69, 9.17) is 4.98 Å². The lowest BCUT2D eigenvalue weighted by Gasteiger charge is -2.21. The largest absolute Gasteiger partial charge is 0.269 e. The molecule has 1 saturated carbocycles. The van der Waals surface area contributed by atoms with Crippen molar-refractivity contribution < 1.29 is 0 Å². The SMILES string of the molecule is c1ccc2sc(Cn3nnc4ncc(-c5cnn(C6CCCCC6)c5)nc43)cc2c1. The summed E-state index contributed by atoms with van der Waals surface area (Å²) in [4.78, 5) is 10.6. The number of fused-ring (bicyclic) bond motifs is 2. The highest BCUT2D eigenvalue weighted by Gasteiger charge is 2.17. The highest BCUT2D eigenvalue weighted by Crippen LogP contribution is 2.29. The molecule has 0 radical (unpaired) electrons. The minimum absolute atomic E-state index is 0.504. The number of thiophene rings is 1. The molecule has 0 bridgehead atoms. The van der Waals surface area contributed by atoms with E-state index in [-0.39, 0.29) is 0 Å². The molecule has 8 heteroatoms. The molecule has 0 unspecified atom stereocenters. The van der Waals surface area contributed by atoms with E-state index < -0.39 is 0 Å². The average Bonchev–Trinajstić information content (AvgIpc) is 3.52. The maximum Gasteiger partial charge on any atom is 0.221 e. The van der Waals surface area contributed by atoms with Gasteiger partial charge in [0.2, 0.25) is 5.65 Å². The number of hydrogen-bond donors (Lipinski definition) is 0. The Morgan fingerprint density at radius 2 is 1.97 bits per heavy atom. The van der Waals surface area contributed by atoms with Crippen LogP contribution in [0.1, 0.15) is 43.0 Å². The lowest BCUT2D eigenvalue weighted by atomic mass is 9.96. The molecule has 4 aromatic heterocycles. The fourth-order valence-corrected chi connectivity index (χ4v) is 5.33. The molecule has 4 heterocycles. The van der Waals surface area contributed by atoms with Crippen LogP contribution in [0.25, 0.3) is 32.6 Å². The molecule has 7 nitrogen and oxygen atoms in total. The summed E-state index contributed by atoms with van der Waals surface area (Å²) in [6.07, 6.45) is 12.1. The van der Waals surface area contributed by atoms with Crippen molar-refractivity contribution >= 4 is 32.7 Å².